The molecule has 19 heavy (non-hydrogen) atoms. The lowest BCUT2D eigenvalue weighted by molar-refractivity contribution is 0.0696. The zero-order chi connectivity index (χ0) is 13.2. The maximum absolute atomic E-state index is 11.3. The van der Waals surface area contributed by atoms with Gasteiger partial charge in [-0.1, -0.05) is 30.3 Å². The molecular formula is C15H12N2O2. The minimum Gasteiger partial charge on any atom is -0.478 e. The predicted octanol–water partition coefficient (Wildman–Crippen LogP) is 2.62. The van der Waals surface area contributed by atoms with E-state index in [1.807, 2.05) is 40.9 Å². The lowest BCUT2D eigenvalue weighted by Gasteiger charge is -2.08. The number of benzene rings is 1. The lowest BCUT2D eigenvalue weighted by atomic mass is 10.0. The number of hydrogen-bond acceptors (Lipinski definition) is 2. The molecule has 0 radical (unpaired) electrons. The Hall–Kier alpha value is -2.62. The Morgan fingerprint density at radius 1 is 1.16 bits per heavy atom. The lowest BCUT2D eigenvalue weighted by Crippen LogP contribution is -2.06. The highest BCUT2D eigenvalue weighted by Crippen LogP contribution is 2.19. The molecule has 0 saturated carbocycles. The maximum atomic E-state index is 11.3. The highest BCUT2D eigenvalue weighted by atomic mass is 16.4. The molecule has 0 aliphatic rings. The largest absolute Gasteiger partial charge is 0.478 e. The van der Waals surface area contributed by atoms with Gasteiger partial charge in [0.1, 0.15) is 5.65 Å². The van der Waals surface area contributed by atoms with Crippen LogP contribution in [-0.2, 0) is 6.42 Å². The number of hydrogen-bond donors (Lipinski definition) is 1. The van der Waals surface area contributed by atoms with Crippen molar-refractivity contribution in [2.75, 3.05) is 0 Å². The fourth-order valence-electron chi connectivity index (χ4n) is 2.22. The first-order chi connectivity index (χ1) is 9.25. The Labute approximate surface area is 110 Å². The number of rotatable bonds is 3. The second-order valence-corrected chi connectivity index (χ2v) is 4.33. The van der Waals surface area contributed by atoms with Gasteiger partial charge in [-0.25, -0.2) is 9.78 Å². The van der Waals surface area contributed by atoms with Gasteiger partial charge in [0, 0.05) is 30.6 Å². The summed E-state index contributed by atoms with van der Waals surface area (Å²) in [6.45, 7) is 0. The van der Waals surface area contributed by atoms with E-state index in [0.29, 0.717) is 17.6 Å². The average molecular weight is 252 g/mol. The number of carboxylic acids is 1. The number of pyridine rings is 1. The van der Waals surface area contributed by atoms with Gasteiger partial charge in [-0.05, 0) is 11.6 Å². The first-order valence-corrected chi connectivity index (χ1v) is 5.97. The monoisotopic (exact) mass is 252 g/mol. The van der Waals surface area contributed by atoms with E-state index in [0.717, 1.165) is 11.1 Å². The van der Waals surface area contributed by atoms with E-state index in [-0.39, 0.29) is 0 Å². The van der Waals surface area contributed by atoms with Crippen LogP contribution in [0.3, 0.4) is 0 Å². The number of nitrogens with zero attached hydrogens (tertiary/aromatic N) is 2. The van der Waals surface area contributed by atoms with E-state index >= 15 is 0 Å². The molecule has 0 aliphatic carbocycles. The second-order valence-electron chi connectivity index (χ2n) is 4.33. The standard InChI is InChI=1S/C15H12N2O2/c18-15(19)12-6-8-17-9-7-16-14(17)13(12)10-11-4-2-1-3-5-11/h1-9H,10H2,(H,18,19). The molecule has 4 nitrogen and oxygen atoms in total. The molecule has 0 atom stereocenters. The second kappa shape index (κ2) is 4.57. The third-order valence-electron chi connectivity index (χ3n) is 3.12. The van der Waals surface area contributed by atoms with Gasteiger partial charge < -0.3 is 9.51 Å². The molecule has 0 saturated heterocycles. The number of imidazole rings is 1. The third-order valence-corrected chi connectivity index (χ3v) is 3.12. The zero-order valence-electron chi connectivity index (χ0n) is 10.2. The van der Waals surface area contributed by atoms with Gasteiger partial charge in [0.15, 0.2) is 0 Å². The first kappa shape index (κ1) is 11.5. The summed E-state index contributed by atoms with van der Waals surface area (Å²) in [5.74, 6) is -0.920. The van der Waals surface area contributed by atoms with Crippen molar-refractivity contribution in [2.45, 2.75) is 6.42 Å². The van der Waals surface area contributed by atoms with Crippen LogP contribution in [0.4, 0.5) is 0 Å². The van der Waals surface area contributed by atoms with Crippen LogP contribution in [0.15, 0.2) is 55.0 Å². The van der Waals surface area contributed by atoms with E-state index in [9.17, 15) is 9.90 Å². The number of aromatic nitrogens is 2. The Balaban J connectivity index is 2.16. The molecule has 3 aromatic rings. The molecule has 0 aliphatic heterocycles. The van der Waals surface area contributed by atoms with Crippen LogP contribution in [0.5, 0.6) is 0 Å². The van der Waals surface area contributed by atoms with Gasteiger partial charge in [0.2, 0.25) is 0 Å². The van der Waals surface area contributed by atoms with Crippen LogP contribution in [0, 0.1) is 0 Å². The molecule has 0 amide bonds. The number of fused-ring (bicyclic) bond motifs is 1. The van der Waals surface area contributed by atoms with Crippen LogP contribution in [0.2, 0.25) is 0 Å². The van der Waals surface area contributed by atoms with E-state index < -0.39 is 5.97 Å². The molecule has 1 N–H and O–H groups in total. The van der Waals surface area contributed by atoms with Crippen molar-refractivity contribution in [1.82, 2.24) is 9.38 Å². The molecule has 2 aromatic heterocycles. The van der Waals surface area contributed by atoms with Crippen LogP contribution in [0.25, 0.3) is 5.65 Å². The predicted molar refractivity (Wildman–Crippen MR) is 71.4 cm³/mol. The van der Waals surface area contributed by atoms with Crippen molar-refractivity contribution in [3.8, 4) is 0 Å². The number of carboxylic acid groups (broad SMARTS) is 1. The third kappa shape index (κ3) is 2.08. The summed E-state index contributed by atoms with van der Waals surface area (Å²) in [4.78, 5) is 15.6. The van der Waals surface area contributed by atoms with Gasteiger partial charge in [0.25, 0.3) is 0 Å². The highest BCUT2D eigenvalue weighted by molar-refractivity contribution is 5.91. The van der Waals surface area contributed by atoms with Crippen LogP contribution >= 0.6 is 0 Å². The van der Waals surface area contributed by atoms with Crippen molar-refractivity contribution < 1.29 is 9.90 Å². The summed E-state index contributed by atoms with van der Waals surface area (Å²) < 4.78 is 1.84. The van der Waals surface area contributed by atoms with E-state index in [4.69, 9.17) is 0 Å². The van der Waals surface area contributed by atoms with Gasteiger partial charge in [0.05, 0.1) is 5.56 Å². The summed E-state index contributed by atoms with van der Waals surface area (Å²) >= 11 is 0. The van der Waals surface area contributed by atoms with Crippen molar-refractivity contribution in [2.24, 2.45) is 0 Å². The normalized spacial score (nSPS) is 10.7. The minimum absolute atomic E-state index is 0.308. The summed E-state index contributed by atoms with van der Waals surface area (Å²) in [6, 6.07) is 11.4. The van der Waals surface area contributed by atoms with Gasteiger partial charge in [-0.15, -0.1) is 0 Å². The first-order valence-electron chi connectivity index (χ1n) is 5.97. The molecule has 0 bridgehead atoms. The molecule has 0 fully saturated rings. The van der Waals surface area contributed by atoms with Gasteiger partial charge in [-0.3, -0.25) is 0 Å². The summed E-state index contributed by atoms with van der Waals surface area (Å²) in [6.07, 6.45) is 5.77. The smallest absolute Gasteiger partial charge is 0.336 e. The van der Waals surface area contributed by atoms with Crippen LogP contribution in [-0.4, -0.2) is 20.5 Å². The highest BCUT2D eigenvalue weighted by Gasteiger charge is 2.14. The van der Waals surface area contributed by atoms with Gasteiger partial charge in [-0.2, -0.15) is 0 Å². The quantitative estimate of drug-likeness (QED) is 0.779. The van der Waals surface area contributed by atoms with E-state index in [1.54, 1.807) is 18.5 Å². The fourth-order valence-corrected chi connectivity index (χ4v) is 2.22. The molecular weight excluding hydrogens is 240 g/mol. The van der Waals surface area contributed by atoms with Crippen molar-refractivity contribution >= 4 is 11.6 Å². The molecule has 1 aromatic carbocycles. The Bertz CT molecular complexity index is 732. The van der Waals surface area contributed by atoms with Crippen LogP contribution < -0.4 is 0 Å². The van der Waals surface area contributed by atoms with Crippen molar-refractivity contribution in [3.05, 3.63) is 71.7 Å². The summed E-state index contributed by atoms with van der Waals surface area (Å²) in [5.41, 5.74) is 2.82. The van der Waals surface area contributed by atoms with Crippen molar-refractivity contribution in [3.63, 3.8) is 0 Å². The van der Waals surface area contributed by atoms with Crippen molar-refractivity contribution in [1.29, 1.82) is 0 Å². The average Bonchev–Trinajstić information content (AvgIpc) is 2.88. The van der Waals surface area contributed by atoms with E-state index in [1.165, 1.54) is 0 Å². The Morgan fingerprint density at radius 3 is 2.68 bits per heavy atom. The topological polar surface area (TPSA) is 54.6 Å². The Morgan fingerprint density at radius 2 is 1.95 bits per heavy atom. The molecule has 94 valence electrons. The molecule has 2 heterocycles. The SMILES string of the molecule is O=C(O)c1ccn2ccnc2c1Cc1ccccc1. The molecule has 4 heteroatoms. The summed E-state index contributed by atoms with van der Waals surface area (Å²) in [7, 11) is 0. The van der Waals surface area contributed by atoms with E-state index in [2.05, 4.69) is 4.98 Å². The molecule has 3 rings (SSSR count). The Kier molecular flexibility index (Phi) is 2.76. The summed E-state index contributed by atoms with van der Waals surface area (Å²) in [5, 5.41) is 9.30. The molecule has 0 unspecified atom stereocenters. The minimum atomic E-state index is -0.920. The fraction of sp³-hybridized carbons (Fsp3) is 0.0667. The molecule has 0 spiro atoms. The van der Waals surface area contributed by atoms with Crippen LogP contribution in [0.1, 0.15) is 21.5 Å². The van der Waals surface area contributed by atoms with Gasteiger partial charge >= 0.3 is 5.97 Å². The number of aromatic carboxylic acids is 1. The zero-order valence-corrected chi connectivity index (χ0v) is 10.2. The number of carbonyl (C=O) groups is 1. The maximum Gasteiger partial charge on any atom is 0.336 e.